The highest BCUT2D eigenvalue weighted by molar-refractivity contribution is 6.08. The number of rotatable bonds is 8. The minimum atomic E-state index is -0.278. The summed E-state index contributed by atoms with van der Waals surface area (Å²) in [6.07, 6.45) is 11.3. The number of nitrogens with one attached hydrogen (secondary N) is 3. The van der Waals surface area contributed by atoms with Crippen molar-refractivity contribution in [2.24, 2.45) is 22.2 Å². The molecule has 1 fully saturated rings. The van der Waals surface area contributed by atoms with Gasteiger partial charge in [0, 0.05) is 46.5 Å². The highest BCUT2D eigenvalue weighted by Gasteiger charge is 2.47. The monoisotopic (exact) mass is 498 g/mol. The molecule has 1 saturated carbocycles. The Morgan fingerprint density at radius 1 is 1.27 bits per heavy atom. The van der Waals surface area contributed by atoms with E-state index in [9.17, 15) is 9.18 Å². The number of aliphatic imine (C=N–C) groups is 1. The second-order valence-corrected chi connectivity index (χ2v) is 10.8. The quantitative estimate of drug-likeness (QED) is 0.278. The Balaban J connectivity index is 1.35. The van der Waals surface area contributed by atoms with E-state index < -0.39 is 0 Å². The number of carbonyl (C=O) groups excluding carboxylic acids is 1. The predicted molar refractivity (Wildman–Crippen MR) is 148 cm³/mol. The summed E-state index contributed by atoms with van der Waals surface area (Å²) in [6, 6.07) is 14.1. The molecule has 4 unspecified atom stereocenters. The van der Waals surface area contributed by atoms with Crippen LogP contribution in [0.25, 0.3) is 10.9 Å². The minimum Gasteiger partial charge on any atom is -0.361 e. The number of H-pyrrole nitrogens is 1. The molecule has 6 heteroatoms. The number of hydrogen-bond donors (Lipinski definition) is 3. The van der Waals surface area contributed by atoms with Gasteiger partial charge in [-0.25, -0.2) is 4.39 Å². The van der Waals surface area contributed by atoms with Gasteiger partial charge < -0.3 is 15.7 Å². The molecule has 5 nitrogen and oxygen atoms in total. The molecule has 0 aliphatic heterocycles. The van der Waals surface area contributed by atoms with Crippen LogP contribution in [0.1, 0.15) is 62.7 Å². The fourth-order valence-electron chi connectivity index (χ4n) is 6.37. The van der Waals surface area contributed by atoms with E-state index >= 15 is 0 Å². The number of fused-ring (bicyclic) bond motifs is 2. The Hall–Kier alpha value is -3.54. The Bertz CT molecular complexity index is 1360. The minimum absolute atomic E-state index is 0.0164. The molecule has 1 aromatic heterocycles. The van der Waals surface area contributed by atoms with Crippen LogP contribution in [-0.4, -0.2) is 28.9 Å². The zero-order valence-electron chi connectivity index (χ0n) is 21.6. The molecule has 0 bridgehead atoms. The smallest absolute Gasteiger partial charge is 0.252 e. The molecule has 192 valence electrons. The third-order valence-corrected chi connectivity index (χ3v) is 8.41. The van der Waals surface area contributed by atoms with Gasteiger partial charge in [0.1, 0.15) is 5.82 Å². The number of amides is 1. The molecule has 1 amide bonds. The molecule has 2 aliphatic carbocycles. The highest BCUT2D eigenvalue weighted by atomic mass is 19.1. The molecule has 37 heavy (non-hydrogen) atoms. The molecular weight excluding hydrogens is 463 g/mol. The second kappa shape index (κ2) is 10.4. The van der Waals surface area contributed by atoms with Crippen molar-refractivity contribution in [1.29, 1.82) is 5.41 Å². The summed E-state index contributed by atoms with van der Waals surface area (Å²) in [5, 5.41) is 12.4. The van der Waals surface area contributed by atoms with Crippen LogP contribution in [0.3, 0.4) is 0 Å². The average molecular weight is 499 g/mol. The van der Waals surface area contributed by atoms with Gasteiger partial charge >= 0.3 is 0 Å². The van der Waals surface area contributed by atoms with Crippen molar-refractivity contribution in [3.63, 3.8) is 0 Å². The molecule has 5 rings (SSSR count). The van der Waals surface area contributed by atoms with E-state index in [1.807, 2.05) is 30.5 Å². The van der Waals surface area contributed by atoms with Gasteiger partial charge in [-0.2, -0.15) is 0 Å². The standard InChI is InChI=1S/C31H35FN4O/c1-3-5-25(36-30(37)27-6-4-7-28-26(27)14-15-34-28)16-21-8-9-22-17-29(20(19-33)18-31(21,22)2)35-24-12-10-23(32)11-13-24/h4,6-7,10-15,17,19-21,25,33-34H,3,5,8-9,16,18H2,1-2H3,(H,36,37). The average Bonchev–Trinajstić information content (AvgIpc) is 3.49. The van der Waals surface area contributed by atoms with Crippen LogP contribution in [-0.2, 0) is 0 Å². The summed E-state index contributed by atoms with van der Waals surface area (Å²) in [5.74, 6) is 0.0508. The maximum Gasteiger partial charge on any atom is 0.252 e. The van der Waals surface area contributed by atoms with Crippen LogP contribution in [0.4, 0.5) is 10.1 Å². The Kier molecular flexibility index (Phi) is 7.09. The van der Waals surface area contributed by atoms with E-state index in [1.54, 1.807) is 12.1 Å². The third-order valence-electron chi connectivity index (χ3n) is 8.41. The first-order chi connectivity index (χ1) is 17.9. The number of benzene rings is 2. The summed E-state index contributed by atoms with van der Waals surface area (Å²) < 4.78 is 13.3. The van der Waals surface area contributed by atoms with E-state index in [2.05, 4.69) is 30.2 Å². The van der Waals surface area contributed by atoms with Crippen LogP contribution < -0.4 is 5.32 Å². The van der Waals surface area contributed by atoms with E-state index in [4.69, 9.17) is 10.4 Å². The molecule has 4 atom stereocenters. The van der Waals surface area contributed by atoms with E-state index in [-0.39, 0.29) is 29.1 Å². The van der Waals surface area contributed by atoms with Gasteiger partial charge in [-0.05, 0) is 92.0 Å². The van der Waals surface area contributed by atoms with Crippen molar-refractivity contribution in [2.45, 2.75) is 58.4 Å². The molecule has 0 spiro atoms. The van der Waals surface area contributed by atoms with Gasteiger partial charge in [0.15, 0.2) is 0 Å². The molecule has 2 aliphatic rings. The van der Waals surface area contributed by atoms with Crippen molar-refractivity contribution in [1.82, 2.24) is 10.3 Å². The summed E-state index contributed by atoms with van der Waals surface area (Å²) in [7, 11) is 0. The third kappa shape index (κ3) is 5.02. The number of nitrogens with zero attached hydrogens (tertiary/aromatic N) is 1. The highest BCUT2D eigenvalue weighted by Crippen LogP contribution is 2.55. The molecular formula is C31H35FN4O. The van der Waals surface area contributed by atoms with Gasteiger partial charge in [0.25, 0.3) is 5.91 Å². The fraction of sp³-hybridized carbons (Fsp3) is 0.387. The summed E-state index contributed by atoms with van der Waals surface area (Å²) in [6.45, 7) is 4.49. The maximum absolute atomic E-state index is 13.3. The van der Waals surface area contributed by atoms with Crippen LogP contribution in [0, 0.1) is 28.5 Å². The van der Waals surface area contributed by atoms with Gasteiger partial charge in [-0.3, -0.25) is 9.79 Å². The number of aromatic amines is 1. The van der Waals surface area contributed by atoms with E-state index in [1.165, 1.54) is 23.9 Å². The summed E-state index contributed by atoms with van der Waals surface area (Å²) in [5.41, 5.74) is 4.63. The lowest BCUT2D eigenvalue weighted by Crippen LogP contribution is -2.40. The van der Waals surface area contributed by atoms with Crippen molar-refractivity contribution in [3.05, 3.63) is 77.8 Å². The SMILES string of the molecule is CCCC(CC1CCC2=CC(=Nc3ccc(F)cc3)C(C=N)CC21C)NC(=O)c1cccc2[nH]ccc12. The van der Waals surface area contributed by atoms with Gasteiger partial charge in [0.2, 0.25) is 0 Å². The fourth-order valence-corrected chi connectivity index (χ4v) is 6.37. The lowest BCUT2D eigenvalue weighted by molar-refractivity contribution is 0.0921. The summed E-state index contributed by atoms with van der Waals surface area (Å²) >= 11 is 0. The second-order valence-electron chi connectivity index (χ2n) is 10.8. The Morgan fingerprint density at radius 2 is 2.08 bits per heavy atom. The molecule has 3 N–H and O–H groups in total. The number of carbonyl (C=O) groups is 1. The first kappa shape index (κ1) is 25.1. The molecule has 2 aromatic carbocycles. The van der Waals surface area contributed by atoms with Crippen LogP contribution in [0.2, 0.25) is 0 Å². The van der Waals surface area contributed by atoms with Gasteiger partial charge in [0.05, 0.1) is 5.69 Å². The first-order valence-corrected chi connectivity index (χ1v) is 13.3. The van der Waals surface area contributed by atoms with Crippen molar-refractivity contribution < 1.29 is 9.18 Å². The van der Waals surface area contributed by atoms with E-state index in [0.29, 0.717) is 17.2 Å². The first-order valence-electron chi connectivity index (χ1n) is 13.3. The van der Waals surface area contributed by atoms with Gasteiger partial charge in [-0.15, -0.1) is 0 Å². The number of halogens is 1. The zero-order chi connectivity index (χ0) is 26.0. The number of aromatic nitrogens is 1. The maximum atomic E-state index is 13.3. The summed E-state index contributed by atoms with van der Waals surface area (Å²) in [4.78, 5) is 21.3. The largest absolute Gasteiger partial charge is 0.361 e. The van der Waals surface area contributed by atoms with Crippen LogP contribution >= 0.6 is 0 Å². The lowest BCUT2D eigenvalue weighted by Gasteiger charge is -2.40. The lowest BCUT2D eigenvalue weighted by atomic mass is 9.65. The van der Waals surface area contributed by atoms with E-state index in [0.717, 1.165) is 55.1 Å². The van der Waals surface area contributed by atoms with Crippen LogP contribution in [0.5, 0.6) is 0 Å². The Labute approximate surface area is 217 Å². The molecule has 1 heterocycles. The van der Waals surface area contributed by atoms with Gasteiger partial charge in [-0.1, -0.05) is 31.9 Å². The number of allylic oxidation sites excluding steroid dienone is 2. The Morgan fingerprint density at radius 3 is 2.84 bits per heavy atom. The number of hydrogen-bond acceptors (Lipinski definition) is 3. The predicted octanol–water partition coefficient (Wildman–Crippen LogP) is 7.38. The normalized spacial score (nSPS) is 25.1. The van der Waals surface area contributed by atoms with Crippen molar-refractivity contribution in [2.75, 3.05) is 0 Å². The van der Waals surface area contributed by atoms with Crippen LogP contribution in [0.15, 0.2) is 71.4 Å². The zero-order valence-corrected chi connectivity index (χ0v) is 21.6. The van der Waals surface area contributed by atoms with Crippen molar-refractivity contribution >= 4 is 34.4 Å². The molecule has 3 aromatic rings. The van der Waals surface area contributed by atoms with Crippen molar-refractivity contribution in [3.8, 4) is 0 Å². The molecule has 0 radical (unpaired) electrons. The topological polar surface area (TPSA) is 81.1 Å². The molecule has 0 saturated heterocycles.